The highest BCUT2D eigenvalue weighted by Gasteiger charge is 2.17. The van der Waals surface area contributed by atoms with E-state index in [1.807, 2.05) is 30.3 Å². The van der Waals surface area contributed by atoms with Gasteiger partial charge in [0.2, 0.25) is 0 Å². The van der Waals surface area contributed by atoms with Crippen molar-refractivity contribution in [2.75, 3.05) is 0 Å². The topological polar surface area (TPSA) is 93.8 Å². The molecule has 4 aromatic rings. The fourth-order valence-corrected chi connectivity index (χ4v) is 3.09. The molecule has 0 bridgehead atoms. The second-order valence-corrected chi connectivity index (χ2v) is 6.05. The van der Waals surface area contributed by atoms with Crippen LogP contribution in [0.2, 0.25) is 0 Å². The van der Waals surface area contributed by atoms with Gasteiger partial charge in [0.1, 0.15) is 16.9 Å². The predicted octanol–water partition coefficient (Wildman–Crippen LogP) is 2.11. The number of rotatable bonds is 2. The molecule has 0 saturated carbocycles. The summed E-state index contributed by atoms with van der Waals surface area (Å²) in [4.78, 5) is 29.3. The van der Waals surface area contributed by atoms with E-state index >= 15 is 0 Å². The van der Waals surface area contributed by atoms with Crippen LogP contribution < -0.4 is 11.2 Å². The second-order valence-electron chi connectivity index (χ2n) is 6.05. The molecular weight excluding hydrogens is 332 g/mol. The first-order valence-corrected chi connectivity index (χ1v) is 7.97. The maximum Gasteiger partial charge on any atom is 0.332 e. The molecular formula is C19H14N4O3. The van der Waals surface area contributed by atoms with Crippen molar-refractivity contribution in [2.45, 2.75) is 6.42 Å². The number of aromatic nitrogens is 3. The number of nitriles is 1. The monoisotopic (exact) mass is 346 g/mol. The molecule has 1 aromatic carbocycles. The molecule has 0 radical (unpaired) electrons. The Kier molecular flexibility index (Phi) is 3.48. The van der Waals surface area contributed by atoms with E-state index in [4.69, 9.17) is 9.68 Å². The van der Waals surface area contributed by atoms with Crippen molar-refractivity contribution in [1.29, 1.82) is 5.26 Å². The Bertz CT molecular complexity index is 1300. The van der Waals surface area contributed by atoms with Crippen LogP contribution >= 0.6 is 0 Å². The van der Waals surface area contributed by atoms with E-state index in [1.54, 1.807) is 13.1 Å². The Labute approximate surface area is 147 Å². The average Bonchev–Trinajstić information content (AvgIpc) is 3.08. The summed E-state index contributed by atoms with van der Waals surface area (Å²) in [6.07, 6.45) is 0.0275. The minimum atomic E-state index is -0.473. The smallest absolute Gasteiger partial charge is 0.332 e. The first-order chi connectivity index (χ1) is 12.5. The van der Waals surface area contributed by atoms with Crippen LogP contribution in [0.25, 0.3) is 33.5 Å². The third-order valence-corrected chi connectivity index (χ3v) is 4.44. The number of hydrogen-bond donors (Lipinski definition) is 0. The van der Waals surface area contributed by atoms with Crippen LogP contribution in [0.4, 0.5) is 0 Å². The molecule has 0 saturated heterocycles. The highest BCUT2D eigenvalue weighted by atomic mass is 16.3. The van der Waals surface area contributed by atoms with Gasteiger partial charge in [-0.15, -0.1) is 0 Å². The van der Waals surface area contributed by atoms with E-state index in [2.05, 4.69) is 11.1 Å². The Morgan fingerprint density at radius 3 is 2.65 bits per heavy atom. The third kappa shape index (κ3) is 2.24. The van der Waals surface area contributed by atoms with Crippen molar-refractivity contribution in [3.05, 3.63) is 62.8 Å². The minimum absolute atomic E-state index is 0.0275. The molecule has 4 rings (SSSR count). The van der Waals surface area contributed by atoms with E-state index < -0.39 is 11.2 Å². The average molecular weight is 346 g/mol. The highest BCUT2D eigenvalue weighted by molar-refractivity contribution is 5.85. The van der Waals surface area contributed by atoms with Gasteiger partial charge in [0.05, 0.1) is 17.9 Å². The Balaban J connectivity index is 2.10. The Morgan fingerprint density at radius 2 is 1.92 bits per heavy atom. The van der Waals surface area contributed by atoms with Gasteiger partial charge in [-0.2, -0.15) is 5.26 Å². The highest BCUT2D eigenvalue weighted by Crippen LogP contribution is 2.28. The van der Waals surface area contributed by atoms with Crippen molar-refractivity contribution in [1.82, 2.24) is 14.1 Å². The summed E-state index contributed by atoms with van der Waals surface area (Å²) in [7, 11) is 2.96. The number of para-hydroxylation sites is 1. The summed E-state index contributed by atoms with van der Waals surface area (Å²) in [5, 5.41) is 10.4. The Hall–Kier alpha value is -3.66. The van der Waals surface area contributed by atoms with Crippen LogP contribution in [0.5, 0.6) is 0 Å². The van der Waals surface area contributed by atoms with Gasteiger partial charge in [-0.25, -0.2) is 9.78 Å². The number of furan rings is 1. The van der Waals surface area contributed by atoms with Crippen molar-refractivity contribution in [2.24, 2.45) is 14.1 Å². The molecule has 0 spiro atoms. The molecule has 7 heteroatoms. The van der Waals surface area contributed by atoms with Crippen molar-refractivity contribution in [3.8, 4) is 17.5 Å². The number of fused-ring (bicyclic) bond motifs is 2. The van der Waals surface area contributed by atoms with E-state index in [1.165, 1.54) is 11.6 Å². The zero-order valence-electron chi connectivity index (χ0n) is 14.2. The largest absolute Gasteiger partial charge is 0.454 e. The van der Waals surface area contributed by atoms with E-state index in [-0.39, 0.29) is 17.5 Å². The van der Waals surface area contributed by atoms with Gasteiger partial charge in [-0.3, -0.25) is 13.9 Å². The zero-order valence-corrected chi connectivity index (χ0v) is 14.2. The Morgan fingerprint density at radius 1 is 1.15 bits per heavy atom. The van der Waals surface area contributed by atoms with Gasteiger partial charge in [-0.05, 0) is 23.8 Å². The SMILES string of the molecule is Cn1c(=O)c2c(CC#N)cc(-c3cc4ccccc4o3)nc2n(C)c1=O. The molecule has 0 aliphatic heterocycles. The van der Waals surface area contributed by atoms with Gasteiger partial charge < -0.3 is 4.42 Å². The summed E-state index contributed by atoms with van der Waals surface area (Å²) < 4.78 is 8.17. The van der Waals surface area contributed by atoms with Crippen LogP contribution in [0.1, 0.15) is 5.56 Å². The van der Waals surface area contributed by atoms with Gasteiger partial charge >= 0.3 is 5.69 Å². The summed E-state index contributed by atoms with van der Waals surface area (Å²) in [5.74, 6) is 0.514. The number of pyridine rings is 1. The number of hydrogen-bond acceptors (Lipinski definition) is 5. The van der Waals surface area contributed by atoms with Crippen LogP contribution in [0.15, 0.2) is 50.4 Å². The summed E-state index contributed by atoms with van der Waals surface area (Å²) in [6, 6.07) is 13.1. The molecule has 0 aliphatic carbocycles. The molecule has 128 valence electrons. The van der Waals surface area contributed by atoms with E-state index in [0.29, 0.717) is 22.6 Å². The minimum Gasteiger partial charge on any atom is -0.454 e. The van der Waals surface area contributed by atoms with Gasteiger partial charge in [0.25, 0.3) is 5.56 Å². The molecule has 0 N–H and O–H groups in total. The van der Waals surface area contributed by atoms with Gasteiger partial charge in [0, 0.05) is 19.5 Å². The lowest BCUT2D eigenvalue weighted by Gasteiger charge is -2.10. The van der Waals surface area contributed by atoms with Crippen LogP contribution in [0, 0.1) is 11.3 Å². The van der Waals surface area contributed by atoms with Crippen molar-refractivity contribution in [3.63, 3.8) is 0 Å². The number of aryl methyl sites for hydroxylation is 1. The molecule has 3 aromatic heterocycles. The molecule has 26 heavy (non-hydrogen) atoms. The predicted molar refractivity (Wildman–Crippen MR) is 96.8 cm³/mol. The lowest BCUT2D eigenvalue weighted by molar-refractivity contribution is 0.628. The van der Waals surface area contributed by atoms with Gasteiger partial charge in [-0.1, -0.05) is 18.2 Å². The maximum absolute atomic E-state index is 12.6. The maximum atomic E-state index is 12.6. The zero-order chi connectivity index (χ0) is 18.4. The first-order valence-electron chi connectivity index (χ1n) is 7.97. The van der Waals surface area contributed by atoms with Crippen molar-refractivity contribution < 1.29 is 4.42 Å². The fourth-order valence-electron chi connectivity index (χ4n) is 3.09. The molecule has 0 fully saturated rings. The van der Waals surface area contributed by atoms with Crippen molar-refractivity contribution >= 4 is 22.0 Å². The van der Waals surface area contributed by atoms with Gasteiger partial charge in [0.15, 0.2) is 5.76 Å². The molecule has 3 heterocycles. The standard InChI is InChI=1S/C19H14N4O3/c1-22-17-16(18(24)23(2)19(22)25)12(7-8-20)9-13(21-17)15-10-11-5-3-4-6-14(11)26-15/h3-6,9-10H,7H2,1-2H3. The van der Waals surface area contributed by atoms with Crippen LogP contribution in [0.3, 0.4) is 0 Å². The fraction of sp³-hybridized carbons (Fsp3) is 0.158. The first kappa shape index (κ1) is 15.8. The van der Waals surface area contributed by atoms with Crippen LogP contribution in [-0.4, -0.2) is 14.1 Å². The molecule has 0 atom stereocenters. The summed E-state index contributed by atoms with van der Waals surface area (Å²) in [5.41, 5.74) is 1.01. The normalized spacial score (nSPS) is 11.1. The quantitative estimate of drug-likeness (QED) is 0.554. The lowest BCUT2D eigenvalue weighted by Crippen LogP contribution is -2.37. The second kappa shape index (κ2) is 5.70. The van der Waals surface area contributed by atoms with E-state index in [0.717, 1.165) is 9.95 Å². The molecule has 0 aliphatic rings. The van der Waals surface area contributed by atoms with Crippen LogP contribution in [-0.2, 0) is 20.5 Å². The van der Waals surface area contributed by atoms with E-state index in [9.17, 15) is 9.59 Å². The summed E-state index contributed by atoms with van der Waals surface area (Å²) in [6.45, 7) is 0. The number of nitrogens with zero attached hydrogens (tertiary/aromatic N) is 4. The molecule has 0 amide bonds. The summed E-state index contributed by atoms with van der Waals surface area (Å²) >= 11 is 0. The molecule has 0 unspecified atom stereocenters. The third-order valence-electron chi connectivity index (χ3n) is 4.44. The molecule has 7 nitrogen and oxygen atoms in total. The lowest BCUT2D eigenvalue weighted by atomic mass is 10.1. The number of benzene rings is 1.